The van der Waals surface area contributed by atoms with Crippen molar-refractivity contribution in [3.05, 3.63) is 17.2 Å². The molecule has 1 rings (SSSR count). The molecular weight excluding hydrogens is 233 g/mol. The molecule has 0 saturated heterocycles. The first-order chi connectivity index (χ1) is 7.34. The summed E-state index contributed by atoms with van der Waals surface area (Å²) in [5.74, 6) is 0.323. The summed E-state index contributed by atoms with van der Waals surface area (Å²) in [5, 5.41) is 2.05. The number of rotatable bonds is 3. The van der Waals surface area contributed by atoms with Crippen LogP contribution in [0.3, 0.4) is 0 Å². The van der Waals surface area contributed by atoms with Gasteiger partial charge < -0.3 is 0 Å². The fourth-order valence-electron chi connectivity index (χ4n) is 1.54. The predicted molar refractivity (Wildman–Crippen MR) is 78.8 cm³/mol. The van der Waals surface area contributed by atoms with Gasteiger partial charge >= 0.3 is 0 Å². The number of hydrogen-bond donors (Lipinski definition) is 0. The van der Waals surface area contributed by atoms with Crippen molar-refractivity contribution in [3.63, 3.8) is 0 Å². The first kappa shape index (κ1) is 13.9. The quantitative estimate of drug-likeness (QED) is 0.565. The zero-order valence-corrected chi connectivity index (χ0v) is 12.3. The Morgan fingerprint density at radius 2 is 1.94 bits per heavy atom. The number of hydrogen-bond acceptors (Lipinski definition) is 1. The van der Waals surface area contributed by atoms with Crippen molar-refractivity contribution in [2.24, 2.45) is 5.92 Å². The molecule has 0 spiro atoms. The van der Waals surface area contributed by atoms with Crippen LogP contribution < -0.4 is 16.1 Å². The van der Waals surface area contributed by atoms with E-state index in [0.29, 0.717) is 6.42 Å². The van der Waals surface area contributed by atoms with Crippen molar-refractivity contribution in [2.45, 2.75) is 27.2 Å². The summed E-state index contributed by atoms with van der Waals surface area (Å²) in [7, 11) is 11.3. The van der Waals surface area contributed by atoms with E-state index in [4.69, 9.17) is 7.85 Å². The van der Waals surface area contributed by atoms with Crippen LogP contribution in [0, 0.1) is 12.8 Å². The van der Waals surface area contributed by atoms with Crippen LogP contribution in [0.15, 0.2) is 6.07 Å². The number of Topliss-reactive ketones (excluding diaryl/α,β-unsaturated/α-hetero) is 1. The molecule has 16 heavy (non-hydrogen) atoms. The molecule has 0 fully saturated rings. The Kier molecular flexibility index (Phi) is 4.71. The predicted octanol–water partition coefficient (Wildman–Crippen LogP) is 0.557. The molecule has 1 nitrogen and oxygen atoms in total. The molecule has 0 aliphatic heterocycles. The van der Waals surface area contributed by atoms with E-state index in [2.05, 4.69) is 18.5 Å². The fraction of sp³-hybridized carbons (Fsp3) is 0.417. The number of carbonyl (C=O) groups excluding carboxylic acids is 1. The third kappa shape index (κ3) is 2.93. The van der Waals surface area contributed by atoms with Crippen molar-refractivity contribution in [3.8, 4) is 0 Å². The monoisotopic (exact) mass is 250 g/mol. The lowest BCUT2D eigenvalue weighted by molar-refractivity contribution is -0.121. The molecule has 1 aromatic rings. The fourth-order valence-corrected chi connectivity index (χ4v) is 2.63. The Bertz CT molecular complexity index is 428. The van der Waals surface area contributed by atoms with Gasteiger partial charge in [0.1, 0.15) is 13.6 Å². The summed E-state index contributed by atoms with van der Waals surface area (Å²) in [5.41, 5.74) is 2.83. The van der Waals surface area contributed by atoms with Gasteiger partial charge in [0.15, 0.2) is 0 Å². The minimum atomic E-state index is 0.0701. The third-order valence-corrected chi connectivity index (χ3v) is 3.81. The number of carbonyl (C=O) groups is 1. The van der Waals surface area contributed by atoms with E-state index in [-0.39, 0.29) is 11.7 Å². The Labute approximate surface area is 104 Å². The highest BCUT2D eigenvalue weighted by molar-refractivity contribution is 7.30. The average Bonchev–Trinajstić information content (AvgIpc) is 2.20. The van der Waals surface area contributed by atoms with Crippen molar-refractivity contribution < 1.29 is 4.79 Å². The molecular formula is C12H17BOP2. The molecule has 4 heteroatoms. The zero-order chi connectivity index (χ0) is 12.5. The summed E-state index contributed by atoms with van der Waals surface area (Å²) in [6, 6.07) is 1.99. The second kappa shape index (κ2) is 5.43. The lowest BCUT2D eigenvalue weighted by Crippen LogP contribution is -2.30. The van der Waals surface area contributed by atoms with Crippen molar-refractivity contribution in [1.29, 1.82) is 0 Å². The van der Waals surface area contributed by atoms with Crippen molar-refractivity contribution in [2.75, 3.05) is 0 Å². The van der Waals surface area contributed by atoms with Gasteiger partial charge in [-0.1, -0.05) is 24.9 Å². The van der Waals surface area contributed by atoms with E-state index in [9.17, 15) is 4.79 Å². The standard InChI is InChI=1S/C12H17BOP2/c1-6(2)9(14)4-8-7(3)12(13)11(16)5-10(8)15/h5-6H,4,15-16H2,1-3H3. The largest absolute Gasteiger partial charge is 0.299 e. The van der Waals surface area contributed by atoms with Crippen molar-refractivity contribution >= 4 is 48.2 Å². The van der Waals surface area contributed by atoms with Crippen LogP contribution in [0.25, 0.3) is 0 Å². The second-order valence-electron chi connectivity index (χ2n) is 4.37. The van der Waals surface area contributed by atoms with Gasteiger partial charge in [-0.05, 0) is 29.2 Å². The lowest BCUT2D eigenvalue weighted by atomic mass is 9.86. The highest BCUT2D eigenvalue weighted by Gasteiger charge is 2.14. The summed E-state index contributed by atoms with van der Waals surface area (Å²) in [4.78, 5) is 11.8. The van der Waals surface area contributed by atoms with Crippen LogP contribution in [0.4, 0.5) is 0 Å². The molecule has 0 saturated carbocycles. The minimum Gasteiger partial charge on any atom is -0.299 e. The van der Waals surface area contributed by atoms with Crippen LogP contribution in [0.5, 0.6) is 0 Å². The van der Waals surface area contributed by atoms with Gasteiger partial charge in [0.2, 0.25) is 0 Å². The topological polar surface area (TPSA) is 17.1 Å². The van der Waals surface area contributed by atoms with Gasteiger partial charge in [0.05, 0.1) is 0 Å². The molecule has 0 bridgehead atoms. The summed E-state index contributed by atoms with van der Waals surface area (Å²) < 4.78 is 0. The number of ketones is 1. The first-order valence-corrected chi connectivity index (χ1v) is 6.45. The van der Waals surface area contributed by atoms with Gasteiger partial charge in [0, 0.05) is 12.3 Å². The van der Waals surface area contributed by atoms with Crippen LogP contribution in [-0.2, 0) is 11.2 Å². The summed E-state index contributed by atoms with van der Waals surface area (Å²) >= 11 is 0. The average molecular weight is 250 g/mol. The smallest absolute Gasteiger partial charge is 0.139 e. The van der Waals surface area contributed by atoms with E-state index in [1.807, 2.05) is 26.8 Å². The second-order valence-corrected chi connectivity index (χ2v) is 5.61. The first-order valence-electron chi connectivity index (χ1n) is 5.30. The van der Waals surface area contributed by atoms with Gasteiger partial charge in [-0.25, -0.2) is 0 Å². The molecule has 0 amide bonds. The van der Waals surface area contributed by atoms with E-state index >= 15 is 0 Å². The van der Waals surface area contributed by atoms with Gasteiger partial charge in [0.25, 0.3) is 0 Å². The summed E-state index contributed by atoms with van der Waals surface area (Å²) in [6.07, 6.45) is 0.470. The van der Waals surface area contributed by atoms with E-state index in [1.165, 1.54) is 0 Å². The minimum absolute atomic E-state index is 0.0701. The Morgan fingerprint density at radius 1 is 1.38 bits per heavy atom. The van der Waals surface area contributed by atoms with Gasteiger partial charge in [-0.2, -0.15) is 0 Å². The maximum Gasteiger partial charge on any atom is 0.139 e. The van der Waals surface area contributed by atoms with E-state index in [0.717, 1.165) is 27.2 Å². The van der Waals surface area contributed by atoms with E-state index in [1.54, 1.807) is 0 Å². The lowest BCUT2D eigenvalue weighted by Gasteiger charge is -2.15. The SMILES string of the molecule is [B]c1c(P)cc(P)c(CC(=O)C(C)C)c1C. The molecule has 0 N–H and O–H groups in total. The maximum atomic E-state index is 11.8. The van der Waals surface area contributed by atoms with Crippen LogP contribution in [0.2, 0.25) is 0 Å². The summed E-state index contributed by atoms with van der Waals surface area (Å²) in [6.45, 7) is 5.82. The van der Waals surface area contributed by atoms with E-state index < -0.39 is 0 Å². The Hall–Kier alpha value is -0.185. The van der Waals surface area contributed by atoms with Crippen LogP contribution >= 0.6 is 18.5 Å². The highest BCUT2D eigenvalue weighted by Crippen LogP contribution is 2.10. The molecule has 2 unspecified atom stereocenters. The van der Waals surface area contributed by atoms with Crippen LogP contribution in [0.1, 0.15) is 25.0 Å². The molecule has 2 radical (unpaired) electrons. The zero-order valence-electron chi connectivity index (χ0n) is 10.0. The Balaban J connectivity index is 3.15. The normalized spacial score (nSPS) is 10.9. The molecule has 0 aliphatic rings. The van der Waals surface area contributed by atoms with Gasteiger partial charge in [-0.3, -0.25) is 4.79 Å². The molecule has 0 aromatic heterocycles. The molecule has 0 heterocycles. The van der Waals surface area contributed by atoms with Gasteiger partial charge in [-0.15, -0.1) is 18.5 Å². The van der Waals surface area contributed by atoms with Crippen molar-refractivity contribution in [1.82, 2.24) is 0 Å². The molecule has 84 valence electrons. The maximum absolute atomic E-state index is 11.8. The highest BCUT2D eigenvalue weighted by atomic mass is 31.0. The molecule has 1 aromatic carbocycles. The number of benzene rings is 1. The molecule has 0 aliphatic carbocycles. The van der Waals surface area contributed by atoms with Crippen LogP contribution in [-0.4, -0.2) is 13.6 Å². The third-order valence-electron chi connectivity index (χ3n) is 2.82. The Morgan fingerprint density at radius 3 is 2.44 bits per heavy atom. The molecule has 2 atom stereocenters.